The first kappa shape index (κ1) is 27.0. The van der Waals surface area contributed by atoms with Crippen molar-refractivity contribution in [3.63, 3.8) is 0 Å². The van der Waals surface area contributed by atoms with Gasteiger partial charge in [-0.25, -0.2) is 16.8 Å². The van der Waals surface area contributed by atoms with E-state index in [1.54, 1.807) is 0 Å². The van der Waals surface area contributed by atoms with Crippen LogP contribution in [0.2, 0.25) is 0 Å². The predicted octanol–water partition coefficient (Wildman–Crippen LogP) is 4.90. The van der Waals surface area contributed by atoms with Gasteiger partial charge in [-0.3, -0.25) is 29.7 Å². The molecule has 4 rings (SSSR count). The van der Waals surface area contributed by atoms with Crippen LogP contribution < -0.4 is 14.2 Å². The second-order valence-corrected chi connectivity index (χ2v) is 11.1. The van der Waals surface area contributed by atoms with Crippen LogP contribution >= 0.6 is 0 Å². The molecule has 0 fully saturated rings. The minimum absolute atomic E-state index is 0.139. The first-order chi connectivity index (χ1) is 18.5. The van der Waals surface area contributed by atoms with E-state index in [0.717, 1.165) is 24.3 Å². The van der Waals surface area contributed by atoms with Gasteiger partial charge in [0, 0.05) is 23.5 Å². The Bertz CT molecular complexity index is 1630. The van der Waals surface area contributed by atoms with Gasteiger partial charge in [0.1, 0.15) is 11.5 Å². The second-order valence-electron chi connectivity index (χ2n) is 7.81. The molecule has 0 aliphatic rings. The Hall–Kier alpha value is -5.02. The van der Waals surface area contributed by atoms with Gasteiger partial charge in [-0.15, -0.1) is 0 Å². The van der Waals surface area contributed by atoms with E-state index in [4.69, 9.17) is 4.74 Å². The van der Waals surface area contributed by atoms with Crippen LogP contribution in [0.4, 0.5) is 22.7 Å². The van der Waals surface area contributed by atoms with Crippen molar-refractivity contribution in [2.24, 2.45) is 0 Å². The average molecular weight is 571 g/mol. The number of ether oxygens (including phenoxy) is 1. The number of rotatable bonds is 10. The van der Waals surface area contributed by atoms with Gasteiger partial charge in [0.05, 0.1) is 9.85 Å². The first-order valence-corrected chi connectivity index (χ1v) is 13.8. The van der Waals surface area contributed by atoms with Crippen LogP contribution in [-0.2, 0) is 20.0 Å². The number of nitro benzene ring substituents is 2. The van der Waals surface area contributed by atoms with E-state index in [1.807, 2.05) is 0 Å². The molecule has 0 aliphatic heterocycles. The molecule has 39 heavy (non-hydrogen) atoms. The molecular weight excluding hydrogens is 552 g/mol. The molecule has 0 unspecified atom stereocenters. The van der Waals surface area contributed by atoms with Crippen molar-refractivity contribution >= 4 is 42.8 Å². The highest BCUT2D eigenvalue weighted by atomic mass is 32.2. The third-order valence-corrected chi connectivity index (χ3v) is 8.01. The Morgan fingerprint density at radius 2 is 0.872 bits per heavy atom. The fraction of sp³-hybridized carbons (Fsp3) is 0. The number of sulfonamides is 2. The number of anilines is 2. The molecule has 13 nitrogen and oxygen atoms in total. The Labute approximate surface area is 222 Å². The molecule has 0 saturated carbocycles. The number of nitrogens with one attached hydrogen (secondary N) is 2. The van der Waals surface area contributed by atoms with E-state index >= 15 is 0 Å². The quantitative estimate of drug-likeness (QED) is 0.197. The molecule has 4 aromatic rings. The zero-order valence-electron chi connectivity index (χ0n) is 19.6. The summed E-state index contributed by atoms with van der Waals surface area (Å²) in [6, 6.07) is 21.4. The van der Waals surface area contributed by atoms with Crippen LogP contribution in [0.3, 0.4) is 0 Å². The SMILES string of the molecule is O=[N+]([O-])c1ccccc1S(=O)(=O)Nc1ccc(Oc2ccc(NS(=O)(=O)c3ccccc3[N+](=O)[O-])cc2)cc1. The van der Waals surface area contributed by atoms with Crippen molar-refractivity contribution in [1.82, 2.24) is 0 Å². The predicted molar refractivity (Wildman–Crippen MR) is 141 cm³/mol. The summed E-state index contributed by atoms with van der Waals surface area (Å²) in [6.07, 6.45) is 0. The van der Waals surface area contributed by atoms with Gasteiger partial charge < -0.3 is 4.74 Å². The number of hydrogen-bond acceptors (Lipinski definition) is 9. The van der Waals surface area contributed by atoms with Crippen molar-refractivity contribution in [3.05, 3.63) is 117 Å². The van der Waals surface area contributed by atoms with E-state index in [1.165, 1.54) is 72.8 Å². The maximum absolute atomic E-state index is 12.6. The van der Waals surface area contributed by atoms with E-state index in [-0.39, 0.29) is 11.4 Å². The number of hydrogen-bond donors (Lipinski definition) is 2. The van der Waals surface area contributed by atoms with Gasteiger partial charge >= 0.3 is 0 Å². The van der Waals surface area contributed by atoms with Crippen molar-refractivity contribution in [2.75, 3.05) is 9.44 Å². The van der Waals surface area contributed by atoms with Crippen LogP contribution in [0.5, 0.6) is 11.5 Å². The van der Waals surface area contributed by atoms with E-state index in [2.05, 4.69) is 9.44 Å². The molecule has 0 amide bonds. The summed E-state index contributed by atoms with van der Waals surface area (Å²) in [5.41, 5.74) is -0.837. The van der Waals surface area contributed by atoms with Crippen molar-refractivity contribution in [1.29, 1.82) is 0 Å². The maximum Gasteiger partial charge on any atom is 0.289 e. The highest BCUT2D eigenvalue weighted by molar-refractivity contribution is 7.93. The van der Waals surface area contributed by atoms with E-state index in [0.29, 0.717) is 11.5 Å². The van der Waals surface area contributed by atoms with Gasteiger partial charge in [0.15, 0.2) is 9.79 Å². The largest absolute Gasteiger partial charge is 0.457 e. The summed E-state index contributed by atoms with van der Waals surface area (Å²) < 4.78 is 60.8. The molecule has 0 radical (unpaired) electrons. The molecule has 0 aliphatic carbocycles. The third-order valence-electron chi connectivity index (χ3n) is 5.15. The smallest absolute Gasteiger partial charge is 0.289 e. The summed E-state index contributed by atoms with van der Waals surface area (Å²) in [5.74, 6) is 0.633. The van der Waals surface area contributed by atoms with Crippen molar-refractivity contribution in [3.8, 4) is 11.5 Å². The average Bonchev–Trinajstić information content (AvgIpc) is 2.90. The Balaban J connectivity index is 1.44. The normalized spacial score (nSPS) is 11.4. The molecule has 0 atom stereocenters. The van der Waals surface area contributed by atoms with Gasteiger partial charge in [-0.1, -0.05) is 24.3 Å². The zero-order chi connectivity index (χ0) is 28.2. The minimum atomic E-state index is -4.23. The zero-order valence-corrected chi connectivity index (χ0v) is 21.3. The molecule has 0 heterocycles. The lowest BCUT2D eigenvalue weighted by Gasteiger charge is -2.11. The highest BCUT2D eigenvalue weighted by Gasteiger charge is 2.26. The summed E-state index contributed by atoms with van der Waals surface area (Å²) in [6.45, 7) is 0. The highest BCUT2D eigenvalue weighted by Crippen LogP contribution is 2.29. The van der Waals surface area contributed by atoms with Crippen molar-refractivity contribution in [2.45, 2.75) is 9.79 Å². The first-order valence-electron chi connectivity index (χ1n) is 10.9. The molecule has 4 aromatic carbocycles. The lowest BCUT2D eigenvalue weighted by Crippen LogP contribution is -2.14. The van der Waals surface area contributed by atoms with Crippen LogP contribution in [0.1, 0.15) is 0 Å². The molecular formula is C24H18N4O9S2. The van der Waals surface area contributed by atoms with Crippen LogP contribution in [-0.4, -0.2) is 26.7 Å². The molecule has 200 valence electrons. The molecule has 0 spiro atoms. The molecule has 0 bridgehead atoms. The van der Waals surface area contributed by atoms with Gasteiger partial charge in [-0.05, 0) is 60.7 Å². The Morgan fingerprint density at radius 3 is 1.21 bits per heavy atom. The van der Waals surface area contributed by atoms with Crippen LogP contribution in [0.25, 0.3) is 0 Å². The topological polar surface area (TPSA) is 188 Å². The lowest BCUT2D eigenvalue weighted by molar-refractivity contribution is -0.388. The number of benzene rings is 4. The minimum Gasteiger partial charge on any atom is -0.457 e. The van der Waals surface area contributed by atoms with Gasteiger partial charge in [0.25, 0.3) is 31.4 Å². The van der Waals surface area contributed by atoms with Crippen molar-refractivity contribution < 1.29 is 31.4 Å². The van der Waals surface area contributed by atoms with Gasteiger partial charge in [0.2, 0.25) is 0 Å². The summed E-state index contributed by atoms with van der Waals surface area (Å²) >= 11 is 0. The summed E-state index contributed by atoms with van der Waals surface area (Å²) in [4.78, 5) is 19.8. The van der Waals surface area contributed by atoms with Crippen LogP contribution in [0, 0.1) is 20.2 Å². The Kier molecular flexibility index (Phi) is 7.46. The monoisotopic (exact) mass is 570 g/mol. The van der Waals surface area contributed by atoms with E-state index < -0.39 is 51.1 Å². The fourth-order valence-corrected chi connectivity index (χ4v) is 5.87. The third kappa shape index (κ3) is 6.28. The Morgan fingerprint density at radius 1 is 0.538 bits per heavy atom. The summed E-state index contributed by atoms with van der Waals surface area (Å²) in [5, 5.41) is 22.3. The number of para-hydroxylation sites is 2. The maximum atomic E-state index is 12.6. The molecule has 2 N–H and O–H groups in total. The van der Waals surface area contributed by atoms with Crippen LogP contribution in [0.15, 0.2) is 107 Å². The standard InChI is InChI=1S/C24H18N4O9S2/c29-27(30)21-5-1-3-7-23(21)38(33,34)25-17-9-13-19(14-10-17)37-20-15-11-18(12-16-20)26-39(35,36)24-8-4-2-6-22(24)28(31)32/h1-16,25-26H. The lowest BCUT2D eigenvalue weighted by atomic mass is 10.3. The number of nitro groups is 2. The fourth-order valence-electron chi connectivity index (χ4n) is 3.41. The second kappa shape index (κ2) is 10.8. The molecule has 0 aromatic heterocycles. The molecule has 15 heteroatoms. The number of nitrogens with zero attached hydrogens (tertiary/aromatic N) is 2. The van der Waals surface area contributed by atoms with Gasteiger partial charge in [-0.2, -0.15) is 0 Å². The van der Waals surface area contributed by atoms with E-state index in [9.17, 15) is 37.1 Å². The molecule has 0 saturated heterocycles. The summed E-state index contributed by atoms with van der Waals surface area (Å²) in [7, 11) is -8.47.